The first-order valence-corrected chi connectivity index (χ1v) is 6.36. The highest BCUT2D eigenvalue weighted by molar-refractivity contribution is 5.94. The van der Waals surface area contributed by atoms with E-state index in [1.807, 2.05) is 0 Å². The fraction of sp³-hybridized carbons (Fsp3) is 0.176. The largest absolute Gasteiger partial charge is 0.489 e. The summed E-state index contributed by atoms with van der Waals surface area (Å²) in [5.41, 5.74) is 1.42. The van der Waals surface area contributed by atoms with Gasteiger partial charge in [-0.05, 0) is 48.9 Å². The van der Waals surface area contributed by atoms with Crippen molar-refractivity contribution < 1.29 is 13.9 Å². The minimum absolute atomic E-state index is 0.0201. The molecule has 0 atom stereocenters. The third-order valence-electron chi connectivity index (χ3n) is 2.56. The van der Waals surface area contributed by atoms with Crippen LogP contribution < -0.4 is 4.74 Å². The number of ether oxygens (including phenoxy) is 1. The fourth-order valence-electron chi connectivity index (χ4n) is 1.58. The molecule has 0 bridgehead atoms. The maximum absolute atomic E-state index is 12.9. The summed E-state index contributed by atoms with van der Waals surface area (Å²) in [7, 11) is 0. The van der Waals surface area contributed by atoms with Crippen molar-refractivity contribution in [1.29, 1.82) is 5.26 Å². The SMILES string of the molecule is CC#N.CC(=O)c1ccc(OCc2cccc(F)c2)cc1. The van der Waals surface area contributed by atoms with Gasteiger partial charge in [0.1, 0.15) is 18.2 Å². The van der Waals surface area contributed by atoms with Crippen LogP contribution in [0.1, 0.15) is 29.8 Å². The van der Waals surface area contributed by atoms with Gasteiger partial charge in [-0.3, -0.25) is 4.79 Å². The van der Waals surface area contributed by atoms with Gasteiger partial charge in [-0.25, -0.2) is 4.39 Å². The predicted molar refractivity (Wildman–Crippen MR) is 78.5 cm³/mol. The van der Waals surface area contributed by atoms with E-state index in [9.17, 15) is 9.18 Å². The molecule has 3 nitrogen and oxygen atoms in total. The van der Waals surface area contributed by atoms with Gasteiger partial charge in [0.05, 0.1) is 6.07 Å². The molecule has 2 rings (SSSR count). The van der Waals surface area contributed by atoms with Gasteiger partial charge < -0.3 is 4.74 Å². The molecule has 0 aromatic heterocycles. The highest BCUT2D eigenvalue weighted by Gasteiger charge is 2.00. The number of hydrogen-bond acceptors (Lipinski definition) is 3. The standard InChI is InChI=1S/C15H13FO2.C2H3N/c1-11(17)13-5-7-15(8-6-13)18-10-12-3-2-4-14(16)9-12;1-2-3/h2-9H,10H2,1H3;1H3. The lowest BCUT2D eigenvalue weighted by atomic mass is 10.1. The number of benzene rings is 2. The lowest BCUT2D eigenvalue weighted by Gasteiger charge is -2.06. The molecule has 108 valence electrons. The summed E-state index contributed by atoms with van der Waals surface area (Å²) < 4.78 is 18.4. The maximum Gasteiger partial charge on any atom is 0.159 e. The van der Waals surface area contributed by atoms with Crippen LogP contribution in [0.25, 0.3) is 0 Å². The van der Waals surface area contributed by atoms with E-state index >= 15 is 0 Å². The van der Waals surface area contributed by atoms with Crippen molar-refractivity contribution in [3.63, 3.8) is 0 Å². The molecule has 0 heterocycles. The minimum Gasteiger partial charge on any atom is -0.489 e. The van der Waals surface area contributed by atoms with E-state index in [1.54, 1.807) is 42.5 Å². The Hall–Kier alpha value is -2.67. The summed E-state index contributed by atoms with van der Waals surface area (Å²) in [4.78, 5) is 11.1. The molecule has 0 N–H and O–H groups in total. The summed E-state index contributed by atoms with van der Waals surface area (Å²) in [5, 5.41) is 7.32. The van der Waals surface area contributed by atoms with Crippen molar-refractivity contribution in [3.05, 3.63) is 65.5 Å². The van der Waals surface area contributed by atoms with Gasteiger partial charge in [0.2, 0.25) is 0 Å². The van der Waals surface area contributed by atoms with Crippen LogP contribution in [0, 0.1) is 17.1 Å². The number of carbonyl (C=O) groups excluding carboxylic acids is 1. The van der Waals surface area contributed by atoms with Gasteiger partial charge in [0.25, 0.3) is 0 Å². The normalized spacial score (nSPS) is 9.05. The Labute approximate surface area is 123 Å². The molecular weight excluding hydrogens is 269 g/mol. The Bertz CT molecular complexity index is 630. The third kappa shape index (κ3) is 5.87. The molecule has 0 amide bonds. The van der Waals surface area contributed by atoms with Gasteiger partial charge in [-0.1, -0.05) is 12.1 Å². The van der Waals surface area contributed by atoms with Crippen LogP contribution >= 0.6 is 0 Å². The number of ketones is 1. The Morgan fingerprint density at radius 2 is 1.86 bits per heavy atom. The summed E-state index contributed by atoms with van der Waals surface area (Å²) in [6.45, 7) is 3.25. The number of carbonyl (C=O) groups is 1. The second-order valence-corrected chi connectivity index (χ2v) is 4.22. The Morgan fingerprint density at radius 3 is 2.38 bits per heavy atom. The quantitative estimate of drug-likeness (QED) is 0.793. The molecule has 0 aliphatic rings. The lowest BCUT2D eigenvalue weighted by molar-refractivity contribution is 0.101. The predicted octanol–water partition coefficient (Wildman–Crippen LogP) is 4.14. The summed E-state index contributed by atoms with van der Waals surface area (Å²) >= 11 is 0. The van der Waals surface area contributed by atoms with E-state index < -0.39 is 0 Å². The molecule has 0 saturated carbocycles. The zero-order chi connectivity index (χ0) is 15.7. The molecule has 0 saturated heterocycles. The Kier molecular flexibility index (Phi) is 6.62. The van der Waals surface area contributed by atoms with Gasteiger partial charge >= 0.3 is 0 Å². The Morgan fingerprint density at radius 1 is 1.24 bits per heavy atom. The average molecular weight is 285 g/mol. The van der Waals surface area contributed by atoms with Crippen LogP contribution in [0.15, 0.2) is 48.5 Å². The number of rotatable bonds is 4. The number of Topliss-reactive ketones (excluding diaryl/α,β-unsaturated/α-hetero) is 1. The smallest absolute Gasteiger partial charge is 0.159 e. The second-order valence-electron chi connectivity index (χ2n) is 4.22. The molecule has 0 aliphatic heterocycles. The Balaban J connectivity index is 0.000000677. The third-order valence-corrected chi connectivity index (χ3v) is 2.56. The monoisotopic (exact) mass is 285 g/mol. The average Bonchev–Trinajstić information content (AvgIpc) is 2.46. The molecule has 4 heteroatoms. The van der Waals surface area contributed by atoms with Crippen LogP contribution in [0.2, 0.25) is 0 Å². The molecule has 0 fully saturated rings. The molecule has 0 spiro atoms. The van der Waals surface area contributed by atoms with Crippen LogP contribution in [0.4, 0.5) is 4.39 Å². The van der Waals surface area contributed by atoms with E-state index in [-0.39, 0.29) is 11.6 Å². The van der Waals surface area contributed by atoms with Gasteiger partial charge in [0.15, 0.2) is 5.78 Å². The van der Waals surface area contributed by atoms with Crippen molar-refractivity contribution in [2.45, 2.75) is 20.5 Å². The van der Waals surface area contributed by atoms with Crippen LogP contribution in [-0.4, -0.2) is 5.78 Å². The number of nitriles is 1. The van der Waals surface area contributed by atoms with E-state index in [4.69, 9.17) is 10.00 Å². The fourth-order valence-corrected chi connectivity index (χ4v) is 1.58. The van der Waals surface area contributed by atoms with Gasteiger partial charge in [0, 0.05) is 12.5 Å². The van der Waals surface area contributed by atoms with E-state index in [1.165, 1.54) is 26.0 Å². The van der Waals surface area contributed by atoms with Crippen molar-refractivity contribution in [2.75, 3.05) is 0 Å². The van der Waals surface area contributed by atoms with Crippen LogP contribution in [0.5, 0.6) is 5.75 Å². The lowest BCUT2D eigenvalue weighted by Crippen LogP contribution is -1.97. The summed E-state index contributed by atoms with van der Waals surface area (Å²) in [6.07, 6.45) is 0. The van der Waals surface area contributed by atoms with Crippen LogP contribution in [0.3, 0.4) is 0 Å². The molecule has 2 aromatic carbocycles. The van der Waals surface area contributed by atoms with Gasteiger partial charge in [-0.2, -0.15) is 5.26 Å². The minimum atomic E-state index is -0.275. The zero-order valence-electron chi connectivity index (χ0n) is 12.0. The number of nitrogens with zero attached hydrogens (tertiary/aromatic N) is 1. The zero-order valence-corrected chi connectivity index (χ0v) is 12.0. The first kappa shape index (κ1) is 16.4. The van der Waals surface area contributed by atoms with Crippen LogP contribution in [-0.2, 0) is 6.61 Å². The first-order chi connectivity index (χ1) is 10.1. The molecule has 0 radical (unpaired) electrons. The summed E-state index contributed by atoms with van der Waals surface area (Å²) in [5.74, 6) is 0.402. The molecule has 0 aliphatic carbocycles. The van der Waals surface area contributed by atoms with E-state index in [0.717, 1.165) is 5.56 Å². The topological polar surface area (TPSA) is 50.1 Å². The van der Waals surface area contributed by atoms with Crippen molar-refractivity contribution >= 4 is 5.78 Å². The highest BCUT2D eigenvalue weighted by Crippen LogP contribution is 2.15. The number of hydrogen-bond donors (Lipinski definition) is 0. The summed E-state index contributed by atoms with van der Waals surface area (Å²) in [6, 6.07) is 14.9. The van der Waals surface area contributed by atoms with Gasteiger partial charge in [-0.15, -0.1) is 0 Å². The highest BCUT2D eigenvalue weighted by atomic mass is 19.1. The van der Waals surface area contributed by atoms with Crippen molar-refractivity contribution in [2.24, 2.45) is 0 Å². The molecule has 0 unspecified atom stereocenters. The van der Waals surface area contributed by atoms with Crippen molar-refractivity contribution in [3.8, 4) is 11.8 Å². The van der Waals surface area contributed by atoms with E-state index in [0.29, 0.717) is 17.9 Å². The number of halogens is 1. The first-order valence-electron chi connectivity index (χ1n) is 6.36. The molecular formula is C17H16FNO2. The maximum atomic E-state index is 12.9. The van der Waals surface area contributed by atoms with Crippen molar-refractivity contribution in [1.82, 2.24) is 0 Å². The molecule has 2 aromatic rings. The molecule has 21 heavy (non-hydrogen) atoms. The van der Waals surface area contributed by atoms with E-state index in [2.05, 4.69) is 0 Å². The second kappa shape index (κ2) is 8.49.